The fourth-order valence-electron chi connectivity index (χ4n) is 2.53. The molecule has 180 valence electrons. The van der Waals surface area contributed by atoms with Crippen molar-refractivity contribution in [3.63, 3.8) is 0 Å². The second kappa shape index (κ2) is 16.1. The Bertz CT molecular complexity index is 596. The normalized spacial score (nSPS) is 15.8. The Balaban J connectivity index is 5.04. The van der Waals surface area contributed by atoms with E-state index in [0.717, 1.165) is 6.42 Å². The highest BCUT2D eigenvalue weighted by Crippen LogP contribution is 2.04. The fraction of sp³-hybridized carbons (Fsp3) is 0.778. The SMILES string of the molecule is CSCCC(NC(=O)C(NC(=O)C(CS)NC(=O)C(N)CCCCN)C(C)O)C(=O)O. The number of carbonyl (C=O) groups is 4. The van der Waals surface area contributed by atoms with Crippen LogP contribution in [-0.2, 0) is 19.2 Å². The molecule has 5 atom stereocenters. The molecule has 0 bridgehead atoms. The van der Waals surface area contributed by atoms with Gasteiger partial charge in [0.1, 0.15) is 18.1 Å². The second-order valence-corrected chi connectivity index (χ2v) is 8.39. The van der Waals surface area contributed by atoms with Gasteiger partial charge in [-0.3, -0.25) is 14.4 Å². The number of aliphatic carboxylic acids is 1. The third kappa shape index (κ3) is 11.6. The van der Waals surface area contributed by atoms with E-state index in [2.05, 4.69) is 28.6 Å². The molecule has 13 heteroatoms. The summed E-state index contributed by atoms with van der Waals surface area (Å²) in [6.45, 7) is 1.77. The van der Waals surface area contributed by atoms with Gasteiger partial charge in [-0.05, 0) is 44.7 Å². The zero-order valence-electron chi connectivity index (χ0n) is 17.9. The lowest BCUT2D eigenvalue weighted by atomic mass is 10.1. The minimum absolute atomic E-state index is 0.0767. The summed E-state index contributed by atoms with van der Waals surface area (Å²) >= 11 is 5.48. The molecule has 0 radical (unpaired) electrons. The topological polar surface area (TPSA) is 197 Å². The Morgan fingerprint density at radius 3 is 2.10 bits per heavy atom. The lowest BCUT2D eigenvalue weighted by molar-refractivity contribution is -0.143. The lowest BCUT2D eigenvalue weighted by Crippen LogP contribution is -2.60. The van der Waals surface area contributed by atoms with Gasteiger partial charge < -0.3 is 37.6 Å². The van der Waals surface area contributed by atoms with Crippen LogP contribution >= 0.6 is 24.4 Å². The van der Waals surface area contributed by atoms with Gasteiger partial charge in [0.05, 0.1) is 12.1 Å². The van der Waals surface area contributed by atoms with E-state index in [1.807, 2.05) is 0 Å². The average molecular weight is 482 g/mol. The zero-order chi connectivity index (χ0) is 24.0. The van der Waals surface area contributed by atoms with E-state index >= 15 is 0 Å². The molecule has 11 nitrogen and oxygen atoms in total. The number of hydrogen-bond donors (Lipinski definition) is 8. The van der Waals surface area contributed by atoms with Gasteiger partial charge >= 0.3 is 5.97 Å². The maximum atomic E-state index is 12.6. The third-order valence-electron chi connectivity index (χ3n) is 4.41. The van der Waals surface area contributed by atoms with Gasteiger partial charge in [0.15, 0.2) is 0 Å². The molecule has 0 saturated heterocycles. The van der Waals surface area contributed by atoms with Crippen molar-refractivity contribution in [1.82, 2.24) is 16.0 Å². The first-order valence-corrected chi connectivity index (χ1v) is 12.0. The second-order valence-electron chi connectivity index (χ2n) is 7.04. The van der Waals surface area contributed by atoms with E-state index in [-0.39, 0.29) is 12.2 Å². The number of nitrogens with two attached hydrogens (primary N) is 2. The molecule has 0 heterocycles. The Hall–Kier alpha value is -1.54. The Morgan fingerprint density at radius 1 is 1.00 bits per heavy atom. The van der Waals surface area contributed by atoms with Crippen molar-refractivity contribution in [3.8, 4) is 0 Å². The predicted molar refractivity (Wildman–Crippen MR) is 123 cm³/mol. The maximum absolute atomic E-state index is 12.6. The molecule has 0 spiro atoms. The summed E-state index contributed by atoms with van der Waals surface area (Å²) in [6.07, 6.45) is 2.45. The molecule has 0 saturated carbocycles. The molecule has 0 aliphatic heterocycles. The number of carboxylic acid groups (broad SMARTS) is 1. The van der Waals surface area contributed by atoms with Crippen molar-refractivity contribution in [2.75, 3.05) is 24.3 Å². The van der Waals surface area contributed by atoms with Crippen molar-refractivity contribution >= 4 is 48.1 Å². The largest absolute Gasteiger partial charge is 0.480 e. The summed E-state index contributed by atoms with van der Waals surface area (Å²) in [5, 5.41) is 26.3. The fourth-order valence-corrected chi connectivity index (χ4v) is 3.25. The monoisotopic (exact) mass is 481 g/mol. The highest BCUT2D eigenvalue weighted by atomic mass is 32.2. The van der Waals surface area contributed by atoms with Crippen LogP contribution < -0.4 is 27.4 Å². The van der Waals surface area contributed by atoms with Crippen LogP contribution in [0.4, 0.5) is 0 Å². The number of rotatable bonds is 16. The minimum Gasteiger partial charge on any atom is -0.480 e. The standard InChI is InChI=1S/C18H35N5O6S2/c1-10(24)14(17(27)21-12(18(28)29)6-8-31-2)23-16(26)13(9-30)22-15(25)11(20)5-3-4-7-19/h10-14,24,30H,3-9,19-20H2,1-2H3,(H,21,27)(H,22,25)(H,23,26)(H,28,29). The molecule has 0 aromatic rings. The van der Waals surface area contributed by atoms with E-state index < -0.39 is 54.0 Å². The number of nitrogens with one attached hydrogen (secondary N) is 3. The Labute approximate surface area is 192 Å². The van der Waals surface area contributed by atoms with Crippen molar-refractivity contribution in [1.29, 1.82) is 0 Å². The number of amides is 3. The number of unbranched alkanes of at least 4 members (excludes halogenated alkanes) is 1. The van der Waals surface area contributed by atoms with Crippen LogP contribution in [0.1, 0.15) is 32.6 Å². The zero-order valence-corrected chi connectivity index (χ0v) is 19.6. The summed E-state index contributed by atoms with van der Waals surface area (Å²) in [7, 11) is 0. The van der Waals surface area contributed by atoms with E-state index in [0.29, 0.717) is 25.1 Å². The van der Waals surface area contributed by atoms with E-state index in [1.165, 1.54) is 18.7 Å². The number of carbonyl (C=O) groups excluding carboxylic acids is 3. The molecule has 0 fully saturated rings. The number of thioether (sulfide) groups is 1. The molecule has 0 rings (SSSR count). The highest BCUT2D eigenvalue weighted by molar-refractivity contribution is 7.98. The van der Waals surface area contributed by atoms with Gasteiger partial charge in [-0.15, -0.1) is 0 Å². The van der Waals surface area contributed by atoms with Crippen LogP contribution in [-0.4, -0.2) is 88.5 Å². The Morgan fingerprint density at radius 2 is 1.61 bits per heavy atom. The maximum Gasteiger partial charge on any atom is 0.326 e. The van der Waals surface area contributed by atoms with Crippen molar-refractivity contribution < 1.29 is 29.4 Å². The van der Waals surface area contributed by atoms with E-state index in [1.54, 1.807) is 6.26 Å². The molecule has 9 N–H and O–H groups in total. The van der Waals surface area contributed by atoms with Crippen LogP contribution in [0.2, 0.25) is 0 Å². The van der Waals surface area contributed by atoms with Gasteiger partial charge in [-0.1, -0.05) is 6.42 Å². The molecule has 0 aromatic heterocycles. The summed E-state index contributed by atoms with van der Waals surface area (Å²) in [6, 6.07) is -4.51. The van der Waals surface area contributed by atoms with Gasteiger partial charge in [0, 0.05) is 5.75 Å². The molecule has 5 unspecified atom stereocenters. The van der Waals surface area contributed by atoms with Crippen molar-refractivity contribution in [2.24, 2.45) is 11.5 Å². The molecule has 0 aliphatic rings. The summed E-state index contributed by atoms with van der Waals surface area (Å²) in [4.78, 5) is 48.6. The predicted octanol–water partition coefficient (Wildman–Crippen LogP) is -1.95. The quantitative estimate of drug-likeness (QED) is 0.0911. The van der Waals surface area contributed by atoms with Gasteiger partial charge in [0.2, 0.25) is 17.7 Å². The number of aliphatic hydroxyl groups excluding tert-OH is 1. The molecule has 31 heavy (non-hydrogen) atoms. The van der Waals surface area contributed by atoms with Crippen LogP contribution in [0.15, 0.2) is 0 Å². The number of thiol groups is 1. The molecule has 3 amide bonds. The van der Waals surface area contributed by atoms with Crippen LogP contribution in [0.3, 0.4) is 0 Å². The van der Waals surface area contributed by atoms with Crippen LogP contribution in [0.25, 0.3) is 0 Å². The van der Waals surface area contributed by atoms with Crippen molar-refractivity contribution in [2.45, 2.75) is 62.9 Å². The first-order chi connectivity index (χ1) is 14.6. The van der Waals surface area contributed by atoms with E-state index in [9.17, 15) is 29.4 Å². The molecule has 0 aromatic carbocycles. The van der Waals surface area contributed by atoms with Gasteiger partial charge in [-0.25, -0.2) is 4.79 Å². The van der Waals surface area contributed by atoms with Crippen LogP contribution in [0, 0.1) is 0 Å². The first kappa shape index (κ1) is 29.5. The number of aliphatic hydroxyl groups is 1. The first-order valence-electron chi connectivity index (χ1n) is 9.96. The average Bonchev–Trinajstić information content (AvgIpc) is 2.72. The van der Waals surface area contributed by atoms with Gasteiger partial charge in [0.25, 0.3) is 0 Å². The van der Waals surface area contributed by atoms with E-state index in [4.69, 9.17) is 11.5 Å². The smallest absolute Gasteiger partial charge is 0.326 e. The summed E-state index contributed by atoms with van der Waals surface area (Å²) in [5.41, 5.74) is 11.2. The number of carboxylic acids is 1. The molecule has 0 aliphatic carbocycles. The summed E-state index contributed by atoms with van der Waals surface area (Å²) < 4.78 is 0. The minimum atomic E-state index is -1.42. The van der Waals surface area contributed by atoms with Gasteiger partial charge in [-0.2, -0.15) is 24.4 Å². The van der Waals surface area contributed by atoms with Crippen LogP contribution in [0.5, 0.6) is 0 Å². The summed E-state index contributed by atoms with van der Waals surface area (Å²) in [5.74, 6) is -2.95. The number of hydrogen-bond acceptors (Lipinski definition) is 9. The molecular formula is C18H35N5O6S2. The van der Waals surface area contributed by atoms with Crippen molar-refractivity contribution in [3.05, 3.63) is 0 Å². The Kier molecular flexibility index (Phi) is 15.3. The third-order valence-corrected chi connectivity index (χ3v) is 5.42. The highest BCUT2D eigenvalue weighted by Gasteiger charge is 2.32. The molecular weight excluding hydrogens is 446 g/mol. The lowest BCUT2D eigenvalue weighted by Gasteiger charge is -2.26.